The first kappa shape index (κ1) is 12.8. The van der Waals surface area contributed by atoms with Crippen LogP contribution in [0.15, 0.2) is 0 Å². The summed E-state index contributed by atoms with van der Waals surface area (Å²) in [7, 11) is 0. The zero-order valence-electron chi connectivity index (χ0n) is 10.6. The molecule has 2 N–H and O–H groups in total. The molecule has 0 bridgehead atoms. The van der Waals surface area contributed by atoms with Gasteiger partial charge in [0.15, 0.2) is 0 Å². The molecule has 2 rings (SSSR count). The molecule has 1 aliphatic heterocycles. The van der Waals surface area contributed by atoms with Crippen LogP contribution in [0.5, 0.6) is 0 Å². The Balaban J connectivity index is 1.65. The fraction of sp³-hybridized carbons (Fsp3) is 0.923. The van der Waals surface area contributed by atoms with Crippen LogP contribution in [0.2, 0.25) is 0 Å². The molecule has 1 aliphatic carbocycles. The van der Waals surface area contributed by atoms with E-state index in [1.54, 1.807) is 0 Å². The predicted molar refractivity (Wildman–Crippen MR) is 66.7 cm³/mol. The number of rotatable bonds is 4. The van der Waals surface area contributed by atoms with Crippen LogP contribution in [0.4, 0.5) is 0 Å². The SMILES string of the molecule is O=C(CNCC1(O)CCCC1)N1CCCCC1. The number of nitrogens with one attached hydrogen (secondary N) is 1. The second-order valence-electron chi connectivity index (χ2n) is 5.48. The van der Waals surface area contributed by atoms with E-state index in [-0.39, 0.29) is 5.91 Å². The summed E-state index contributed by atoms with van der Waals surface area (Å²) in [5.41, 5.74) is -0.553. The van der Waals surface area contributed by atoms with E-state index in [1.165, 1.54) is 6.42 Å². The van der Waals surface area contributed by atoms with Crippen LogP contribution >= 0.6 is 0 Å². The second-order valence-corrected chi connectivity index (χ2v) is 5.48. The molecule has 0 aromatic rings. The minimum absolute atomic E-state index is 0.186. The first-order valence-corrected chi connectivity index (χ1v) is 6.91. The minimum Gasteiger partial charge on any atom is -0.389 e. The summed E-state index contributed by atoms with van der Waals surface area (Å²) in [5.74, 6) is 0.186. The minimum atomic E-state index is -0.553. The highest BCUT2D eigenvalue weighted by Crippen LogP contribution is 2.28. The van der Waals surface area contributed by atoms with E-state index in [9.17, 15) is 9.90 Å². The Hall–Kier alpha value is -0.610. The zero-order chi connectivity index (χ0) is 12.1. The van der Waals surface area contributed by atoms with Crippen LogP contribution in [0, 0.1) is 0 Å². The van der Waals surface area contributed by atoms with Gasteiger partial charge in [-0.1, -0.05) is 12.8 Å². The molecule has 1 amide bonds. The Morgan fingerprint density at radius 3 is 2.41 bits per heavy atom. The third-order valence-corrected chi connectivity index (χ3v) is 3.97. The Morgan fingerprint density at radius 1 is 1.12 bits per heavy atom. The number of aliphatic hydroxyl groups is 1. The zero-order valence-corrected chi connectivity index (χ0v) is 10.6. The molecule has 0 atom stereocenters. The van der Waals surface area contributed by atoms with Crippen molar-refractivity contribution in [2.75, 3.05) is 26.2 Å². The third kappa shape index (κ3) is 3.68. The molecule has 0 unspecified atom stereocenters. The van der Waals surface area contributed by atoms with Gasteiger partial charge in [-0.2, -0.15) is 0 Å². The van der Waals surface area contributed by atoms with Gasteiger partial charge < -0.3 is 15.3 Å². The average Bonchev–Trinajstić information content (AvgIpc) is 2.77. The van der Waals surface area contributed by atoms with Gasteiger partial charge in [-0.15, -0.1) is 0 Å². The number of carbonyl (C=O) groups excluding carboxylic acids is 1. The van der Waals surface area contributed by atoms with E-state index >= 15 is 0 Å². The molecule has 4 nitrogen and oxygen atoms in total. The van der Waals surface area contributed by atoms with Crippen molar-refractivity contribution in [1.29, 1.82) is 0 Å². The first-order valence-electron chi connectivity index (χ1n) is 6.91. The highest BCUT2D eigenvalue weighted by molar-refractivity contribution is 5.78. The number of hydrogen-bond donors (Lipinski definition) is 2. The maximum atomic E-state index is 11.9. The van der Waals surface area contributed by atoms with Crippen LogP contribution in [0.25, 0.3) is 0 Å². The molecular weight excluding hydrogens is 216 g/mol. The molecule has 1 saturated heterocycles. The second kappa shape index (κ2) is 5.83. The monoisotopic (exact) mass is 240 g/mol. The maximum absolute atomic E-state index is 11.9. The van der Waals surface area contributed by atoms with Crippen molar-refractivity contribution >= 4 is 5.91 Å². The van der Waals surface area contributed by atoms with Crippen molar-refractivity contribution in [3.63, 3.8) is 0 Å². The number of piperidine rings is 1. The topological polar surface area (TPSA) is 52.6 Å². The Labute approximate surface area is 103 Å². The summed E-state index contributed by atoms with van der Waals surface area (Å²) in [5, 5.41) is 13.3. The van der Waals surface area contributed by atoms with Crippen molar-refractivity contribution in [2.45, 2.75) is 50.5 Å². The summed E-state index contributed by atoms with van der Waals surface area (Å²) in [6.45, 7) is 2.75. The molecule has 4 heteroatoms. The summed E-state index contributed by atoms with van der Waals surface area (Å²) < 4.78 is 0. The average molecular weight is 240 g/mol. The summed E-state index contributed by atoms with van der Waals surface area (Å²) in [6.07, 6.45) is 7.48. The highest BCUT2D eigenvalue weighted by atomic mass is 16.3. The maximum Gasteiger partial charge on any atom is 0.236 e. The van der Waals surface area contributed by atoms with Gasteiger partial charge in [0.1, 0.15) is 0 Å². The fourth-order valence-corrected chi connectivity index (χ4v) is 2.87. The number of hydrogen-bond acceptors (Lipinski definition) is 3. The van der Waals surface area contributed by atoms with Crippen molar-refractivity contribution in [3.05, 3.63) is 0 Å². The standard InChI is InChI=1S/C13H24N2O2/c16-12(15-8-4-1-5-9-15)10-14-11-13(17)6-2-3-7-13/h14,17H,1-11H2. The van der Waals surface area contributed by atoms with Gasteiger partial charge in [0, 0.05) is 19.6 Å². The molecule has 98 valence electrons. The van der Waals surface area contributed by atoms with Gasteiger partial charge >= 0.3 is 0 Å². The van der Waals surface area contributed by atoms with Crippen molar-refractivity contribution in [1.82, 2.24) is 10.2 Å². The lowest BCUT2D eigenvalue weighted by Crippen LogP contribution is -2.45. The van der Waals surface area contributed by atoms with Crippen molar-refractivity contribution in [3.8, 4) is 0 Å². The lowest BCUT2D eigenvalue weighted by molar-refractivity contribution is -0.131. The van der Waals surface area contributed by atoms with Gasteiger partial charge in [-0.25, -0.2) is 0 Å². The smallest absolute Gasteiger partial charge is 0.236 e. The van der Waals surface area contributed by atoms with Crippen molar-refractivity contribution < 1.29 is 9.90 Å². The Bertz CT molecular complexity index is 256. The van der Waals surface area contributed by atoms with E-state index in [2.05, 4.69) is 5.32 Å². The molecular formula is C13H24N2O2. The van der Waals surface area contributed by atoms with E-state index in [0.717, 1.165) is 51.6 Å². The van der Waals surface area contributed by atoms with Crippen LogP contribution in [-0.2, 0) is 4.79 Å². The van der Waals surface area contributed by atoms with Gasteiger partial charge in [-0.3, -0.25) is 4.79 Å². The van der Waals surface area contributed by atoms with Gasteiger partial charge in [0.2, 0.25) is 5.91 Å². The molecule has 17 heavy (non-hydrogen) atoms. The Kier molecular flexibility index (Phi) is 4.40. The molecule has 0 aromatic carbocycles. The normalized spacial score (nSPS) is 23.9. The predicted octanol–water partition coefficient (Wildman–Crippen LogP) is 0.894. The van der Waals surface area contributed by atoms with Gasteiger partial charge in [0.05, 0.1) is 12.1 Å². The van der Waals surface area contributed by atoms with E-state index in [0.29, 0.717) is 13.1 Å². The largest absolute Gasteiger partial charge is 0.389 e. The summed E-state index contributed by atoms with van der Waals surface area (Å²) >= 11 is 0. The van der Waals surface area contributed by atoms with Crippen LogP contribution in [-0.4, -0.2) is 47.7 Å². The van der Waals surface area contributed by atoms with Gasteiger partial charge in [0.25, 0.3) is 0 Å². The lowest BCUT2D eigenvalue weighted by atomic mass is 10.0. The molecule has 1 saturated carbocycles. The van der Waals surface area contributed by atoms with E-state index in [1.807, 2.05) is 4.90 Å². The van der Waals surface area contributed by atoms with E-state index < -0.39 is 5.60 Å². The summed E-state index contributed by atoms with van der Waals surface area (Å²) in [4.78, 5) is 13.8. The lowest BCUT2D eigenvalue weighted by Gasteiger charge is -2.28. The molecule has 0 spiro atoms. The van der Waals surface area contributed by atoms with Crippen LogP contribution in [0.3, 0.4) is 0 Å². The fourth-order valence-electron chi connectivity index (χ4n) is 2.87. The van der Waals surface area contributed by atoms with Crippen LogP contribution in [0.1, 0.15) is 44.9 Å². The first-order chi connectivity index (χ1) is 8.20. The Morgan fingerprint density at radius 2 is 1.76 bits per heavy atom. The van der Waals surface area contributed by atoms with Gasteiger partial charge in [-0.05, 0) is 32.1 Å². The third-order valence-electron chi connectivity index (χ3n) is 3.97. The van der Waals surface area contributed by atoms with Crippen LogP contribution < -0.4 is 5.32 Å². The molecule has 0 radical (unpaired) electrons. The number of amides is 1. The number of carbonyl (C=O) groups is 1. The quantitative estimate of drug-likeness (QED) is 0.767. The molecule has 1 heterocycles. The van der Waals surface area contributed by atoms with Crippen molar-refractivity contribution in [2.24, 2.45) is 0 Å². The number of likely N-dealkylation sites (tertiary alicyclic amines) is 1. The molecule has 2 aliphatic rings. The highest BCUT2D eigenvalue weighted by Gasteiger charge is 2.30. The van der Waals surface area contributed by atoms with E-state index in [4.69, 9.17) is 0 Å². The molecule has 0 aromatic heterocycles. The molecule has 2 fully saturated rings. The number of nitrogens with zero attached hydrogens (tertiary/aromatic N) is 1. The summed E-state index contributed by atoms with van der Waals surface area (Å²) in [6, 6.07) is 0.